The van der Waals surface area contributed by atoms with Gasteiger partial charge in [-0.2, -0.15) is 0 Å². The number of hydrogen-bond donors (Lipinski definition) is 2. The molecule has 0 amide bonds. The van der Waals surface area contributed by atoms with E-state index in [1.54, 1.807) is 12.2 Å². The molecule has 0 spiro atoms. The Hall–Kier alpha value is -1.52. The number of allylic oxidation sites excluding steroid dienone is 5. The Morgan fingerprint density at radius 2 is 2.00 bits per heavy atom. The first-order valence-electron chi connectivity index (χ1n) is 9.65. The number of ketones is 2. The lowest BCUT2D eigenvalue weighted by atomic mass is 9.40. The van der Waals surface area contributed by atoms with Gasteiger partial charge in [0, 0.05) is 16.2 Å². The summed E-state index contributed by atoms with van der Waals surface area (Å²) < 4.78 is 0. The molecule has 4 heteroatoms. The zero-order valence-corrected chi connectivity index (χ0v) is 15.8. The summed E-state index contributed by atoms with van der Waals surface area (Å²) in [5, 5.41) is 20.7. The van der Waals surface area contributed by atoms with Crippen molar-refractivity contribution in [3.8, 4) is 0 Å². The van der Waals surface area contributed by atoms with Crippen molar-refractivity contribution in [2.75, 3.05) is 6.61 Å². The number of aliphatic hydroxyl groups excluding tert-OH is 2. The molecule has 4 rings (SSSR count). The average Bonchev–Trinajstić information content (AvgIpc) is 2.93. The summed E-state index contributed by atoms with van der Waals surface area (Å²) in [6.45, 7) is 5.94. The van der Waals surface area contributed by atoms with Gasteiger partial charge in [-0.1, -0.05) is 38.5 Å². The van der Waals surface area contributed by atoms with Crippen LogP contribution >= 0.6 is 0 Å². The first-order chi connectivity index (χ1) is 12.2. The molecule has 4 aliphatic carbocycles. The molecular formula is C22H28O4. The van der Waals surface area contributed by atoms with Crippen LogP contribution in [0.1, 0.15) is 46.5 Å². The zero-order valence-electron chi connectivity index (χ0n) is 15.8. The molecule has 26 heavy (non-hydrogen) atoms. The van der Waals surface area contributed by atoms with Crippen molar-refractivity contribution < 1.29 is 19.8 Å². The van der Waals surface area contributed by atoms with Gasteiger partial charge in [-0.25, -0.2) is 0 Å². The third-order valence-corrected chi connectivity index (χ3v) is 8.43. The van der Waals surface area contributed by atoms with Crippen LogP contribution in [0, 0.1) is 28.1 Å². The van der Waals surface area contributed by atoms with E-state index in [-0.39, 0.29) is 39.6 Å². The molecule has 140 valence electrons. The molecule has 2 fully saturated rings. The molecule has 4 aliphatic rings. The van der Waals surface area contributed by atoms with Crippen LogP contribution in [0.2, 0.25) is 0 Å². The highest BCUT2D eigenvalue weighted by molar-refractivity contribution is 6.01. The van der Waals surface area contributed by atoms with Gasteiger partial charge < -0.3 is 10.2 Å². The van der Waals surface area contributed by atoms with Crippen LogP contribution in [0.15, 0.2) is 35.5 Å². The number of carbonyl (C=O) groups is 2. The van der Waals surface area contributed by atoms with Crippen LogP contribution in [0.25, 0.3) is 0 Å². The van der Waals surface area contributed by atoms with Crippen LogP contribution in [0.5, 0.6) is 0 Å². The third-order valence-electron chi connectivity index (χ3n) is 8.43. The second-order valence-electron chi connectivity index (χ2n) is 9.21. The summed E-state index contributed by atoms with van der Waals surface area (Å²) in [6.07, 6.45) is 9.95. The van der Waals surface area contributed by atoms with E-state index in [0.717, 1.165) is 24.8 Å². The molecule has 2 saturated carbocycles. The maximum atomic E-state index is 12.3. The summed E-state index contributed by atoms with van der Waals surface area (Å²) in [4.78, 5) is 24.2. The lowest BCUT2D eigenvalue weighted by molar-refractivity contribution is -0.165. The summed E-state index contributed by atoms with van der Waals surface area (Å²) in [7, 11) is 0. The summed E-state index contributed by atoms with van der Waals surface area (Å²) in [5.74, 6) is 0.367. The predicted molar refractivity (Wildman–Crippen MR) is 98.2 cm³/mol. The lowest BCUT2D eigenvalue weighted by Gasteiger charge is -2.64. The first-order valence-corrected chi connectivity index (χ1v) is 9.65. The molecule has 0 bridgehead atoms. The molecule has 0 radical (unpaired) electrons. The molecule has 4 nitrogen and oxygen atoms in total. The fourth-order valence-electron chi connectivity index (χ4n) is 6.73. The smallest absolute Gasteiger partial charge is 0.184 e. The van der Waals surface area contributed by atoms with Gasteiger partial charge in [-0.3, -0.25) is 9.59 Å². The van der Waals surface area contributed by atoms with Gasteiger partial charge in [0.25, 0.3) is 0 Å². The van der Waals surface area contributed by atoms with E-state index in [9.17, 15) is 19.8 Å². The van der Waals surface area contributed by atoms with Crippen molar-refractivity contribution in [3.05, 3.63) is 35.5 Å². The maximum Gasteiger partial charge on any atom is 0.184 e. The number of fused-ring (bicyclic) bond motifs is 5. The predicted octanol–water partition coefficient (Wildman–Crippen LogP) is 2.75. The molecule has 0 aliphatic heterocycles. The monoisotopic (exact) mass is 356 g/mol. The molecule has 2 N–H and O–H groups in total. The zero-order chi connectivity index (χ0) is 18.9. The highest BCUT2D eigenvalue weighted by Gasteiger charge is 2.66. The minimum absolute atomic E-state index is 0.0352. The second-order valence-corrected chi connectivity index (χ2v) is 9.21. The summed E-state index contributed by atoms with van der Waals surface area (Å²) >= 11 is 0. The Labute approximate surface area is 154 Å². The minimum atomic E-state index is -0.576. The van der Waals surface area contributed by atoms with Crippen LogP contribution in [0.3, 0.4) is 0 Å². The summed E-state index contributed by atoms with van der Waals surface area (Å²) in [6, 6.07) is 0. The van der Waals surface area contributed by atoms with E-state index < -0.39 is 12.7 Å². The normalized spacial score (nSPS) is 46.8. The maximum absolute atomic E-state index is 12.3. The molecule has 0 unspecified atom stereocenters. The second kappa shape index (κ2) is 5.49. The van der Waals surface area contributed by atoms with Crippen molar-refractivity contribution in [2.45, 2.75) is 52.6 Å². The van der Waals surface area contributed by atoms with Crippen molar-refractivity contribution >= 4 is 11.6 Å². The molecule has 0 aromatic heterocycles. The Balaban J connectivity index is 1.79. The highest BCUT2D eigenvalue weighted by Crippen LogP contribution is 2.70. The number of hydrogen-bond acceptors (Lipinski definition) is 4. The van der Waals surface area contributed by atoms with Crippen LogP contribution in [0.4, 0.5) is 0 Å². The van der Waals surface area contributed by atoms with Crippen LogP contribution in [-0.2, 0) is 9.59 Å². The molecule has 0 aromatic carbocycles. The minimum Gasteiger partial charge on any atom is -0.392 e. The highest BCUT2D eigenvalue weighted by atomic mass is 16.3. The van der Waals surface area contributed by atoms with Crippen LogP contribution in [-0.4, -0.2) is 34.5 Å². The van der Waals surface area contributed by atoms with Gasteiger partial charge in [-0.05, 0) is 55.2 Å². The van der Waals surface area contributed by atoms with Crippen LogP contribution < -0.4 is 0 Å². The van der Waals surface area contributed by atoms with Crippen molar-refractivity contribution in [1.29, 1.82) is 0 Å². The fourth-order valence-corrected chi connectivity index (χ4v) is 6.73. The Kier molecular flexibility index (Phi) is 3.78. The van der Waals surface area contributed by atoms with Gasteiger partial charge in [0.2, 0.25) is 0 Å². The Bertz CT molecular complexity index is 775. The van der Waals surface area contributed by atoms with E-state index in [1.807, 2.05) is 12.2 Å². The van der Waals surface area contributed by atoms with E-state index in [4.69, 9.17) is 0 Å². The van der Waals surface area contributed by atoms with Crippen molar-refractivity contribution in [2.24, 2.45) is 28.1 Å². The van der Waals surface area contributed by atoms with Crippen molar-refractivity contribution in [1.82, 2.24) is 0 Å². The van der Waals surface area contributed by atoms with Gasteiger partial charge in [0.15, 0.2) is 11.6 Å². The van der Waals surface area contributed by atoms with Gasteiger partial charge >= 0.3 is 0 Å². The third kappa shape index (κ3) is 1.97. The van der Waals surface area contributed by atoms with E-state index in [2.05, 4.69) is 20.8 Å². The largest absolute Gasteiger partial charge is 0.392 e. The molecule has 6 atom stereocenters. The average molecular weight is 356 g/mol. The molecular weight excluding hydrogens is 328 g/mol. The van der Waals surface area contributed by atoms with Crippen molar-refractivity contribution in [3.63, 3.8) is 0 Å². The van der Waals surface area contributed by atoms with E-state index >= 15 is 0 Å². The SMILES string of the molecule is C[C@]12[C@@H](O)C[C@]3(C)C(C(=O)CO)=CC[C@H]3[C@@H]1CCC1=CC(=O)C=C[C@@]12C. The topological polar surface area (TPSA) is 74.6 Å². The molecule has 0 aromatic rings. The first kappa shape index (κ1) is 17.9. The number of rotatable bonds is 2. The number of Topliss-reactive ketones (excluding diaryl/α,β-unsaturated/α-hetero) is 1. The fraction of sp³-hybridized carbons (Fsp3) is 0.636. The summed E-state index contributed by atoms with van der Waals surface area (Å²) in [5.41, 5.74) is 0.740. The van der Waals surface area contributed by atoms with Gasteiger partial charge in [0.05, 0.1) is 6.10 Å². The lowest BCUT2D eigenvalue weighted by Crippen LogP contribution is -2.62. The Morgan fingerprint density at radius 3 is 2.69 bits per heavy atom. The molecule has 0 heterocycles. The van der Waals surface area contributed by atoms with E-state index in [1.165, 1.54) is 0 Å². The van der Waals surface area contributed by atoms with Gasteiger partial charge in [0.1, 0.15) is 6.61 Å². The number of aliphatic hydroxyl groups is 2. The standard InChI is InChI=1S/C22H28O4/c1-20-11-19(26)22(3)16(15(20)6-7-17(20)18(25)12-23)5-4-13-10-14(24)8-9-21(13,22)2/h7-10,15-16,19,23,26H,4-6,11-12H2,1-3H3/t15-,16-,19-,20-,21-,22+/m0/s1. The van der Waals surface area contributed by atoms with E-state index in [0.29, 0.717) is 12.0 Å². The quantitative estimate of drug-likeness (QED) is 0.798. The van der Waals surface area contributed by atoms with Gasteiger partial charge in [-0.15, -0.1) is 0 Å². The molecule has 0 saturated heterocycles. The number of carbonyl (C=O) groups excluding carboxylic acids is 2. The Morgan fingerprint density at radius 1 is 1.27 bits per heavy atom.